The van der Waals surface area contributed by atoms with E-state index in [0.717, 1.165) is 48.7 Å². The van der Waals surface area contributed by atoms with Gasteiger partial charge in [0, 0.05) is 43.5 Å². The second-order valence-corrected chi connectivity index (χ2v) is 6.94. The first kappa shape index (κ1) is 18.1. The zero-order valence-electron chi connectivity index (χ0n) is 16.2. The lowest BCUT2D eigenvalue weighted by Crippen LogP contribution is -2.47. The van der Waals surface area contributed by atoms with Gasteiger partial charge in [-0.25, -0.2) is 4.98 Å². The van der Waals surface area contributed by atoms with Crippen LogP contribution in [0.4, 0.5) is 11.6 Å². The summed E-state index contributed by atoms with van der Waals surface area (Å²) in [6.07, 6.45) is 0. The molecule has 0 radical (unpaired) electrons. The molecule has 1 fully saturated rings. The van der Waals surface area contributed by atoms with E-state index in [9.17, 15) is 4.79 Å². The Kier molecular flexibility index (Phi) is 5.02. The average Bonchev–Trinajstić information content (AvgIpc) is 2.74. The van der Waals surface area contributed by atoms with Crippen LogP contribution in [0.5, 0.6) is 5.75 Å². The molecule has 4 rings (SSSR count). The molecule has 1 saturated heterocycles. The fraction of sp³-hybridized carbons (Fsp3) is 0.273. The van der Waals surface area contributed by atoms with Crippen LogP contribution >= 0.6 is 0 Å². The van der Waals surface area contributed by atoms with E-state index in [1.54, 1.807) is 13.2 Å². The number of anilines is 2. The smallest absolute Gasteiger partial charge is 0.252 e. The van der Waals surface area contributed by atoms with Gasteiger partial charge in [0.2, 0.25) is 5.95 Å². The summed E-state index contributed by atoms with van der Waals surface area (Å²) in [6.45, 7) is 5.36. The number of nitrogens with zero attached hydrogens (tertiary/aromatic N) is 3. The van der Waals surface area contributed by atoms with Gasteiger partial charge in [-0.1, -0.05) is 24.3 Å². The lowest BCUT2D eigenvalue weighted by molar-refractivity contribution is 0.415. The van der Waals surface area contributed by atoms with Crippen molar-refractivity contribution in [3.8, 4) is 17.0 Å². The van der Waals surface area contributed by atoms with Gasteiger partial charge in [0.1, 0.15) is 5.75 Å². The first-order valence-corrected chi connectivity index (χ1v) is 9.45. The van der Waals surface area contributed by atoms with Gasteiger partial charge in [-0.2, -0.15) is 0 Å². The third-order valence-electron chi connectivity index (χ3n) is 5.17. The van der Waals surface area contributed by atoms with Crippen LogP contribution in [0.2, 0.25) is 0 Å². The Hall–Kier alpha value is -3.28. The second kappa shape index (κ2) is 7.76. The van der Waals surface area contributed by atoms with Crippen LogP contribution in [0.25, 0.3) is 11.3 Å². The zero-order chi connectivity index (χ0) is 19.5. The molecule has 6 nitrogen and oxygen atoms in total. The highest BCUT2D eigenvalue weighted by atomic mass is 16.5. The number of hydrogen-bond donors (Lipinski definition) is 1. The normalized spacial score (nSPS) is 14.2. The predicted octanol–water partition coefficient (Wildman–Crippen LogP) is 3.08. The third-order valence-corrected chi connectivity index (χ3v) is 5.17. The van der Waals surface area contributed by atoms with E-state index < -0.39 is 0 Å². The molecule has 0 saturated carbocycles. The molecule has 0 atom stereocenters. The molecule has 6 heteroatoms. The predicted molar refractivity (Wildman–Crippen MR) is 112 cm³/mol. The van der Waals surface area contributed by atoms with E-state index in [1.165, 1.54) is 5.69 Å². The van der Waals surface area contributed by atoms with Crippen LogP contribution in [-0.2, 0) is 0 Å². The molecule has 0 aliphatic carbocycles. The standard InChI is InChI=1S/C22H24N4O2/c1-16-5-3-4-6-19(16)20-15-21(27)24-22(23-20)26-13-11-25(12-14-26)17-7-9-18(28-2)10-8-17/h3-10,15H,11-14H2,1-2H3,(H,23,24,27). The molecule has 1 aliphatic heterocycles. The monoisotopic (exact) mass is 376 g/mol. The van der Waals surface area contributed by atoms with E-state index >= 15 is 0 Å². The van der Waals surface area contributed by atoms with Crippen molar-refractivity contribution in [2.24, 2.45) is 0 Å². The van der Waals surface area contributed by atoms with Gasteiger partial charge in [0.05, 0.1) is 12.8 Å². The van der Waals surface area contributed by atoms with Crippen molar-refractivity contribution in [1.29, 1.82) is 0 Å². The summed E-state index contributed by atoms with van der Waals surface area (Å²) in [5.74, 6) is 1.50. The van der Waals surface area contributed by atoms with Gasteiger partial charge in [-0.05, 0) is 36.8 Å². The highest BCUT2D eigenvalue weighted by molar-refractivity contribution is 5.64. The van der Waals surface area contributed by atoms with Crippen molar-refractivity contribution in [2.45, 2.75) is 6.92 Å². The number of aromatic nitrogens is 2. The molecule has 2 aromatic carbocycles. The van der Waals surface area contributed by atoms with Crippen molar-refractivity contribution in [3.05, 3.63) is 70.5 Å². The van der Waals surface area contributed by atoms with Gasteiger partial charge in [-0.3, -0.25) is 9.78 Å². The molecular formula is C22H24N4O2. The van der Waals surface area contributed by atoms with Crippen molar-refractivity contribution in [2.75, 3.05) is 43.1 Å². The van der Waals surface area contributed by atoms with Crippen LogP contribution in [-0.4, -0.2) is 43.3 Å². The van der Waals surface area contributed by atoms with Crippen molar-refractivity contribution in [3.63, 3.8) is 0 Å². The summed E-state index contributed by atoms with van der Waals surface area (Å²) in [6, 6.07) is 17.7. The zero-order valence-corrected chi connectivity index (χ0v) is 16.2. The maximum absolute atomic E-state index is 12.2. The molecule has 28 heavy (non-hydrogen) atoms. The topological polar surface area (TPSA) is 61.5 Å². The Morgan fingerprint density at radius 1 is 0.964 bits per heavy atom. The first-order chi connectivity index (χ1) is 13.6. The fourth-order valence-electron chi connectivity index (χ4n) is 3.56. The summed E-state index contributed by atoms with van der Waals surface area (Å²) in [5, 5.41) is 0. The number of methoxy groups -OCH3 is 1. The van der Waals surface area contributed by atoms with E-state index in [2.05, 4.69) is 26.9 Å². The van der Waals surface area contributed by atoms with Crippen LogP contribution < -0.4 is 20.1 Å². The highest BCUT2D eigenvalue weighted by Crippen LogP contribution is 2.24. The molecular weight excluding hydrogens is 352 g/mol. The summed E-state index contributed by atoms with van der Waals surface area (Å²) in [7, 11) is 1.67. The molecule has 1 aromatic heterocycles. The molecule has 0 unspecified atom stereocenters. The molecule has 144 valence electrons. The summed E-state index contributed by atoms with van der Waals surface area (Å²) >= 11 is 0. The number of nitrogens with one attached hydrogen (secondary N) is 1. The van der Waals surface area contributed by atoms with Gasteiger partial charge in [0.15, 0.2) is 0 Å². The Bertz CT molecular complexity index is 1010. The number of hydrogen-bond acceptors (Lipinski definition) is 5. The van der Waals surface area contributed by atoms with E-state index in [0.29, 0.717) is 5.95 Å². The number of H-pyrrole nitrogens is 1. The van der Waals surface area contributed by atoms with E-state index in [1.807, 2.05) is 43.3 Å². The Morgan fingerprint density at radius 3 is 2.32 bits per heavy atom. The second-order valence-electron chi connectivity index (χ2n) is 6.94. The number of piperazine rings is 1. The quantitative estimate of drug-likeness (QED) is 0.758. The lowest BCUT2D eigenvalue weighted by atomic mass is 10.1. The minimum atomic E-state index is -0.124. The first-order valence-electron chi connectivity index (χ1n) is 9.45. The largest absolute Gasteiger partial charge is 0.497 e. The van der Waals surface area contributed by atoms with E-state index in [-0.39, 0.29) is 5.56 Å². The molecule has 0 spiro atoms. The maximum Gasteiger partial charge on any atom is 0.252 e. The average molecular weight is 376 g/mol. The van der Waals surface area contributed by atoms with Crippen molar-refractivity contribution >= 4 is 11.6 Å². The SMILES string of the molecule is COc1ccc(N2CCN(c3nc(-c4ccccc4C)cc(=O)[nH]3)CC2)cc1. The number of aryl methyl sites for hydroxylation is 1. The highest BCUT2D eigenvalue weighted by Gasteiger charge is 2.20. The molecule has 2 heterocycles. The van der Waals surface area contributed by atoms with Crippen LogP contribution in [0.1, 0.15) is 5.56 Å². The van der Waals surface area contributed by atoms with Crippen LogP contribution in [0.15, 0.2) is 59.4 Å². The molecule has 1 aliphatic rings. The van der Waals surface area contributed by atoms with Crippen LogP contribution in [0.3, 0.4) is 0 Å². The number of rotatable bonds is 4. The molecule has 0 bridgehead atoms. The minimum absolute atomic E-state index is 0.124. The van der Waals surface area contributed by atoms with Crippen molar-refractivity contribution in [1.82, 2.24) is 9.97 Å². The Labute approximate surface area is 164 Å². The summed E-state index contributed by atoms with van der Waals surface area (Å²) in [4.78, 5) is 24.4. The number of aromatic amines is 1. The molecule has 3 aromatic rings. The van der Waals surface area contributed by atoms with E-state index in [4.69, 9.17) is 9.72 Å². The maximum atomic E-state index is 12.2. The number of ether oxygens (including phenoxy) is 1. The Morgan fingerprint density at radius 2 is 1.64 bits per heavy atom. The van der Waals surface area contributed by atoms with Crippen molar-refractivity contribution < 1.29 is 4.74 Å². The number of benzene rings is 2. The molecule has 1 N–H and O–H groups in total. The summed E-state index contributed by atoms with van der Waals surface area (Å²) < 4.78 is 5.23. The minimum Gasteiger partial charge on any atom is -0.497 e. The summed E-state index contributed by atoms with van der Waals surface area (Å²) in [5.41, 5.74) is 3.87. The van der Waals surface area contributed by atoms with Gasteiger partial charge >= 0.3 is 0 Å². The fourth-order valence-corrected chi connectivity index (χ4v) is 3.56. The van der Waals surface area contributed by atoms with Gasteiger partial charge < -0.3 is 14.5 Å². The van der Waals surface area contributed by atoms with Gasteiger partial charge in [-0.15, -0.1) is 0 Å². The Balaban J connectivity index is 1.51. The van der Waals surface area contributed by atoms with Gasteiger partial charge in [0.25, 0.3) is 5.56 Å². The third kappa shape index (κ3) is 3.71. The lowest BCUT2D eigenvalue weighted by Gasteiger charge is -2.36. The van der Waals surface area contributed by atoms with Crippen LogP contribution in [0, 0.1) is 6.92 Å². The molecule has 0 amide bonds.